The van der Waals surface area contributed by atoms with Gasteiger partial charge in [-0.1, -0.05) is 38.1 Å². The molecule has 1 heterocycles. The lowest BCUT2D eigenvalue weighted by atomic mass is 9.47. The molecule has 2 unspecified atom stereocenters. The molecule has 5 rings (SSSR count). The van der Waals surface area contributed by atoms with Crippen LogP contribution in [0.2, 0.25) is 0 Å². The van der Waals surface area contributed by atoms with E-state index < -0.39 is 0 Å². The third-order valence-electron chi connectivity index (χ3n) is 9.14. The highest BCUT2D eigenvalue weighted by atomic mass is 16.3. The predicted molar refractivity (Wildman–Crippen MR) is 118 cm³/mol. The molecule has 0 bridgehead atoms. The Balaban J connectivity index is 1.62. The number of fused-ring (bicyclic) bond motifs is 5. The fraction of sp³-hybridized carbons (Fsp3) is 0.577. The second-order valence-electron chi connectivity index (χ2n) is 10.6. The first-order chi connectivity index (χ1) is 14.2. The Hall–Kier alpha value is -2.07. The van der Waals surface area contributed by atoms with Crippen molar-refractivity contribution in [2.24, 2.45) is 28.6 Å². The highest BCUT2D eigenvalue weighted by molar-refractivity contribution is 5.89. The van der Waals surface area contributed by atoms with Crippen molar-refractivity contribution >= 4 is 12.0 Å². The van der Waals surface area contributed by atoms with Crippen LogP contribution in [0.5, 0.6) is 5.75 Å². The van der Waals surface area contributed by atoms with Crippen LogP contribution in [0.4, 0.5) is 0 Å². The van der Waals surface area contributed by atoms with Crippen LogP contribution in [0.25, 0.3) is 6.08 Å². The maximum Gasteiger partial charge on any atom is 0.246 e. The molecule has 160 valence electrons. The van der Waals surface area contributed by atoms with Crippen molar-refractivity contribution in [2.75, 3.05) is 7.05 Å². The number of aromatic hydroxyl groups is 1. The van der Waals surface area contributed by atoms with Gasteiger partial charge in [0.2, 0.25) is 5.91 Å². The van der Waals surface area contributed by atoms with Crippen LogP contribution in [-0.2, 0) is 4.79 Å². The molecule has 3 saturated carbocycles. The van der Waals surface area contributed by atoms with Gasteiger partial charge in [0.25, 0.3) is 0 Å². The Bertz CT molecular complexity index is 936. The number of hydrogen-bond donors (Lipinski definition) is 2. The van der Waals surface area contributed by atoms with E-state index in [1.807, 2.05) is 24.1 Å². The largest absolute Gasteiger partial charge is 0.508 e. The first kappa shape index (κ1) is 19.9. The van der Waals surface area contributed by atoms with Gasteiger partial charge >= 0.3 is 0 Å². The van der Waals surface area contributed by atoms with Crippen LogP contribution < -0.4 is 0 Å². The van der Waals surface area contributed by atoms with E-state index in [0.29, 0.717) is 17.8 Å². The Kier molecular flexibility index (Phi) is 4.45. The van der Waals surface area contributed by atoms with E-state index >= 15 is 0 Å². The number of aliphatic hydroxyl groups excluding tert-OH is 1. The average molecular weight is 408 g/mol. The molecule has 2 N–H and O–H groups in total. The number of nitrogens with zero attached hydrogens (tertiary/aromatic N) is 1. The van der Waals surface area contributed by atoms with Gasteiger partial charge in [0.05, 0.1) is 12.1 Å². The molecule has 0 spiro atoms. The number of carbonyl (C=O) groups excluding carboxylic acids is 1. The number of phenolic OH excluding ortho intramolecular Hbond substituents is 1. The van der Waals surface area contributed by atoms with Gasteiger partial charge in [0.1, 0.15) is 5.75 Å². The second-order valence-corrected chi connectivity index (χ2v) is 10.6. The fourth-order valence-corrected chi connectivity index (χ4v) is 7.65. The fourth-order valence-electron chi connectivity index (χ4n) is 7.65. The Morgan fingerprint density at radius 2 is 1.97 bits per heavy atom. The number of likely N-dealkylation sites (N-methyl/N-ethyl adjacent to an activating group) is 1. The zero-order valence-corrected chi connectivity index (χ0v) is 18.2. The van der Waals surface area contributed by atoms with Crippen molar-refractivity contribution < 1.29 is 15.0 Å². The van der Waals surface area contributed by atoms with Gasteiger partial charge in [-0.3, -0.25) is 4.79 Å². The lowest BCUT2D eigenvalue weighted by Gasteiger charge is -2.60. The summed E-state index contributed by atoms with van der Waals surface area (Å²) in [7, 11) is 1.93. The van der Waals surface area contributed by atoms with Gasteiger partial charge in [-0.05, 0) is 84.6 Å². The Morgan fingerprint density at radius 3 is 2.73 bits per heavy atom. The topological polar surface area (TPSA) is 60.8 Å². The van der Waals surface area contributed by atoms with Crippen LogP contribution in [0.1, 0.15) is 51.5 Å². The molecule has 1 aliphatic heterocycles. The van der Waals surface area contributed by atoms with Gasteiger partial charge in [0, 0.05) is 12.5 Å². The SMILES string of the molecule is CN1C(=O)C=C[C@@]2(C)C1C(=Cc1cccc(O)c1)C[C@@H]1[C@H]2CC[C@]2(C)C(O)CC[C@@H]12. The number of hydrogen-bond acceptors (Lipinski definition) is 3. The summed E-state index contributed by atoms with van der Waals surface area (Å²) in [5, 5.41) is 20.7. The molecular weight excluding hydrogens is 374 g/mol. The van der Waals surface area contributed by atoms with Crippen molar-refractivity contribution in [2.45, 2.75) is 58.1 Å². The smallest absolute Gasteiger partial charge is 0.246 e. The number of amides is 1. The van der Waals surface area contributed by atoms with Crippen LogP contribution in [0, 0.1) is 28.6 Å². The summed E-state index contributed by atoms with van der Waals surface area (Å²) >= 11 is 0. The molecule has 3 fully saturated rings. The molecule has 3 aliphatic carbocycles. The van der Waals surface area contributed by atoms with E-state index in [1.165, 1.54) is 5.57 Å². The molecule has 7 atom stereocenters. The van der Waals surface area contributed by atoms with E-state index in [1.54, 1.807) is 18.2 Å². The minimum atomic E-state index is -0.196. The normalized spacial score (nSPS) is 44.0. The van der Waals surface area contributed by atoms with Crippen LogP contribution in [0.15, 0.2) is 42.0 Å². The molecule has 30 heavy (non-hydrogen) atoms. The summed E-state index contributed by atoms with van der Waals surface area (Å²) in [4.78, 5) is 14.5. The summed E-state index contributed by atoms with van der Waals surface area (Å²) < 4.78 is 0. The number of phenols is 1. The third-order valence-corrected chi connectivity index (χ3v) is 9.14. The standard InChI is InChI=1S/C26H33NO3/c1-25-11-9-21-19(20(25)7-8-22(25)29)15-17(13-16-5-4-6-18(28)14-16)24-26(21,2)12-10-23(30)27(24)3/h4-6,10,12-14,19-22,24,28-29H,7-9,11,15H2,1-3H3/t19-,20-,21+,22?,24?,25-,26+/m0/s1. The summed E-state index contributed by atoms with van der Waals surface area (Å²) in [6.45, 7) is 4.63. The van der Waals surface area contributed by atoms with Crippen molar-refractivity contribution in [3.8, 4) is 5.75 Å². The number of rotatable bonds is 1. The van der Waals surface area contributed by atoms with Crippen LogP contribution in [0.3, 0.4) is 0 Å². The molecule has 4 nitrogen and oxygen atoms in total. The zero-order valence-electron chi connectivity index (χ0n) is 18.2. The van der Waals surface area contributed by atoms with E-state index in [0.717, 1.165) is 37.7 Å². The highest BCUT2D eigenvalue weighted by Gasteiger charge is 2.61. The maximum absolute atomic E-state index is 12.6. The maximum atomic E-state index is 12.6. The minimum Gasteiger partial charge on any atom is -0.508 e. The molecule has 0 aromatic heterocycles. The van der Waals surface area contributed by atoms with Crippen molar-refractivity contribution in [1.29, 1.82) is 0 Å². The van der Waals surface area contributed by atoms with Gasteiger partial charge in [-0.15, -0.1) is 0 Å². The van der Waals surface area contributed by atoms with E-state index in [2.05, 4.69) is 26.0 Å². The van der Waals surface area contributed by atoms with Gasteiger partial charge in [-0.25, -0.2) is 0 Å². The molecule has 1 amide bonds. The zero-order chi connectivity index (χ0) is 21.3. The Labute approximate surface area is 179 Å². The van der Waals surface area contributed by atoms with Crippen molar-refractivity contribution in [3.63, 3.8) is 0 Å². The molecule has 1 aromatic rings. The molecule has 0 saturated heterocycles. The van der Waals surface area contributed by atoms with Gasteiger partial charge < -0.3 is 15.1 Å². The first-order valence-electron chi connectivity index (χ1n) is 11.4. The van der Waals surface area contributed by atoms with Crippen molar-refractivity contribution in [3.05, 3.63) is 47.6 Å². The number of aliphatic hydroxyl groups is 1. The van der Waals surface area contributed by atoms with Crippen LogP contribution >= 0.6 is 0 Å². The lowest BCUT2D eigenvalue weighted by Crippen LogP contribution is -2.60. The van der Waals surface area contributed by atoms with Gasteiger partial charge in [0.15, 0.2) is 0 Å². The van der Waals surface area contributed by atoms with Crippen LogP contribution in [-0.4, -0.2) is 40.2 Å². The third kappa shape index (κ3) is 2.72. The van der Waals surface area contributed by atoms with E-state index in [9.17, 15) is 15.0 Å². The molecule has 4 aliphatic rings. The Morgan fingerprint density at radius 1 is 1.17 bits per heavy atom. The molecule has 0 radical (unpaired) electrons. The summed E-state index contributed by atoms with van der Waals surface area (Å²) in [6.07, 6.45) is 11.1. The summed E-state index contributed by atoms with van der Waals surface area (Å²) in [5.41, 5.74) is 2.16. The summed E-state index contributed by atoms with van der Waals surface area (Å²) in [5.74, 6) is 1.87. The number of benzene rings is 1. The second kappa shape index (κ2) is 6.71. The van der Waals surface area contributed by atoms with E-state index in [4.69, 9.17) is 0 Å². The molecular formula is C26H33NO3. The highest BCUT2D eigenvalue weighted by Crippen LogP contribution is 2.64. The average Bonchev–Trinajstić information content (AvgIpc) is 3.00. The quantitative estimate of drug-likeness (QED) is 0.726. The van der Waals surface area contributed by atoms with Gasteiger partial charge in [-0.2, -0.15) is 0 Å². The minimum absolute atomic E-state index is 0.0145. The monoisotopic (exact) mass is 407 g/mol. The molecule has 1 aromatic carbocycles. The summed E-state index contributed by atoms with van der Waals surface area (Å²) in [6, 6.07) is 7.40. The molecule has 4 heteroatoms. The number of carbonyl (C=O) groups is 1. The van der Waals surface area contributed by atoms with E-state index in [-0.39, 0.29) is 34.6 Å². The lowest BCUT2D eigenvalue weighted by molar-refractivity contribution is -0.135. The first-order valence-corrected chi connectivity index (χ1v) is 11.4. The predicted octanol–water partition coefficient (Wildman–Crippen LogP) is 4.39. The van der Waals surface area contributed by atoms with Crippen molar-refractivity contribution in [1.82, 2.24) is 4.90 Å².